The standard InChI is InChI=1S/C19H18FNO5/c1-24-18(22)11-17(19(23)25-2)21-15-7-9-16(10-8-15)26-12-13-3-5-14(20)6-4-13/h3-11,21H,12H2,1-2H3/b17-11+. The summed E-state index contributed by atoms with van der Waals surface area (Å²) in [7, 11) is 2.42. The van der Waals surface area contributed by atoms with Gasteiger partial charge in [0.25, 0.3) is 0 Å². The lowest BCUT2D eigenvalue weighted by atomic mass is 10.2. The van der Waals surface area contributed by atoms with E-state index in [0.29, 0.717) is 18.0 Å². The number of hydrogen-bond acceptors (Lipinski definition) is 6. The van der Waals surface area contributed by atoms with Crippen molar-refractivity contribution in [2.75, 3.05) is 19.5 Å². The summed E-state index contributed by atoms with van der Waals surface area (Å²) >= 11 is 0. The number of carbonyl (C=O) groups is 2. The molecule has 0 amide bonds. The number of methoxy groups -OCH3 is 2. The summed E-state index contributed by atoms with van der Waals surface area (Å²) in [5, 5.41) is 2.79. The van der Waals surface area contributed by atoms with Crippen LogP contribution in [-0.2, 0) is 25.7 Å². The van der Waals surface area contributed by atoms with E-state index in [-0.39, 0.29) is 11.5 Å². The molecule has 0 atom stereocenters. The van der Waals surface area contributed by atoms with Crippen molar-refractivity contribution in [3.8, 4) is 5.75 Å². The molecule has 0 spiro atoms. The van der Waals surface area contributed by atoms with E-state index in [1.165, 1.54) is 26.4 Å². The third-order valence-corrected chi connectivity index (χ3v) is 3.32. The number of ether oxygens (including phenoxy) is 3. The van der Waals surface area contributed by atoms with Gasteiger partial charge >= 0.3 is 11.9 Å². The number of halogens is 1. The molecule has 2 rings (SSSR count). The first-order valence-electron chi connectivity index (χ1n) is 7.64. The van der Waals surface area contributed by atoms with Gasteiger partial charge in [0.15, 0.2) is 0 Å². The first kappa shape index (κ1) is 19.0. The van der Waals surface area contributed by atoms with Crippen molar-refractivity contribution in [1.82, 2.24) is 0 Å². The summed E-state index contributed by atoms with van der Waals surface area (Å²) in [5.74, 6) is -1.09. The van der Waals surface area contributed by atoms with Gasteiger partial charge in [-0.25, -0.2) is 14.0 Å². The summed E-state index contributed by atoms with van der Waals surface area (Å²) < 4.78 is 27.6. The van der Waals surface area contributed by atoms with Crippen LogP contribution in [0.5, 0.6) is 5.75 Å². The average molecular weight is 359 g/mol. The summed E-state index contributed by atoms with van der Waals surface area (Å²) in [6, 6.07) is 12.8. The maximum absolute atomic E-state index is 12.9. The number of nitrogens with one attached hydrogen (secondary N) is 1. The maximum Gasteiger partial charge on any atom is 0.354 e. The Bertz CT molecular complexity index is 785. The van der Waals surface area contributed by atoms with Crippen molar-refractivity contribution in [3.05, 3.63) is 71.7 Å². The largest absolute Gasteiger partial charge is 0.489 e. The predicted octanol–water partition coefficient (Wildman–Crippen LogP) is 3.05. The Labute approximate surface area is 150 Å². The van der Waals surface area contributed by atoms with Crippen LogP contribution in [0, 0.1) is 5.82 Å². The minimum absolute atomic E-state index is 0.0562. The molecule has 0 aliphatic rings. The lowest BCUT2D eigenvalue weighted by Crippen LogP contribution is -2.15. The second-order valence-electron chi connectivity index (χ2n) is 5.14. The van der Waals surface area contributed by atoms with Crippen LogP contribution < -0.4 is 10.1 Å². The number of hydrogen-bond donors (Lipinski definition) is 1. The summed E-state index contributed by atoms with van der Waals surface area (Å²) in [6.07, 6.45) is 1.00. The molecule has 1 N–H and O–H groups in total. The topological polar surface area (TPSA) is 73.9 Å². The molecule has 0 heterocycles. The van der Waals surface area contributed by atoms with Crippen molar-refractivity contribution >= 4 is 17.6 Å². The van der Waals surface area contributed by atoms with Crippen LogP contribution >= 0.6 is 0 Å². The highest BCUT2D eigenvalue weighted by molar-refractivity contribution is 5.98. The van der Waals surface area contributed by atoms with E-state index in [0.717, 1.165) is 11.6 Å². The number of anilines is 1. The predicted molar refractivity (Wildman–Crippen MR) is 92.9 cm³/mol. The third-order valence-electron chi connectivity index (χ3n) is 3.32. The Morgan fingerprint density at radius 2 is 1.65 bits per heavy atom. The molecule has 26 heavy (non-hydrogen) atoms. The third kappa shape index (κ3) is 5.62. The van der Waals surface area contributed by atoms with E-state index >= 15 is 0 Å². The molecule has 2 aromatic rings. The molecule has 0 radical (unpaired) electrons. The van der Waals surface area contributed by atoms with Crippen LogP contribution in [0.1, 0.15) is 5.56 Å². The Morgan fingerprint density at radius 3 is 2.23 bits per heavy atom. The van der Waals surface area contributed by atoms with Crippen LogP contribution in [-0.4, -0.2) is 26.2 Å². The second-order valence-corrected chi connectivity index (χ2v) is 5.14. The monoisotopic (exact) mass is 359 g/mol. The lowest BCUT2D eigenvalue weighted by Gasteiger charge is -2.10. The molecule has 0 aliphatic carbocycles. The molecule has 136 valence electrons. The molecule has 0 bridgehead atoms. The Kier molecular flexibility index (Phi) is 6.73. The molecule has 0 unspecified atom stereocenters. The van der Waals surface area contributed by atoms with Crippen molar-refractivity contribution < 1.29 is 28.2 Å². The fourth-order valence-corrected chi connectivity index (χ4v) is 1.97. The van der Waals surface area contributed by atoms with Crippen LogP contribution in [0.15, 0.2) is 60.3 Å². The van der Waals surface area contributed by atoms with Crippen LogP contribution in [0.3, 0.4) is 0 Å². The first-order valence-corrected chi connectivity index (χ1v) is 7.64. The van der Waals surface area contributed by atoms with Crippen LogP contribution in [0.25, 0.3) is 0 Å². The van der Waals surface area contributed by atoms with Crippen LogP contribution in [0.4, 0.5) is 10.1 Å². The lowest BCUT2D eigenvalue weighted by molar-refractivity contribution is -0.138. The quantitative estimate of drug-likeness (QED) is 0.605. The summed E-state index contributed by atoms with van der Waals surface area (Å²) in [6.45, 7) is 0.294. The van der Waals surface area contributed by atoms with Gasteiger partial charge in [0, 0.05) is 5.69 Å². The highest BCUT2D eigenvalue weighted by Gasteiger charge is 2.12. The van der Waals surface area contributed by atoms with E-state index < -0.39 is 11.9 Å². The SMILES string of the molecule is COC(=O)/C=C(/Nc1ccc(OCc2ccc(F)cc2)cc1)C(=O)OC. The molecule has 0 aliphatic heterocycles. The number of esters is 2. The molecule has 2 aromatic carbocycles. The number of benzene rings is 2. The van der Waals surface area contributed by atoms with Crippen LogP contribution in [0.2, 0.25) is 0 Å². The smallest absolute Gasteiger partial charge is 0.354 e. The molecule has 0 saturated heterocycles. The molecule has 0 fully saturated rings. The van der Waals surface area contributed by atoms with E-state index in [9.17, 15) is 14.0 Å². The average Bonchev–Trinajstić information content (AvgIpc) is 2.67. The van der Waals surface area contributed by atoms with E-state index in [2.05, 4.69) is 14.8 Å². The van der Waals surface area contributed by atoms with Crippen molar-refractivity contribution in [1.29, 1.82) is 0 Å². The molecule has 0 saturated carbocycles. The van der Waals surface area contributed by atoms with Gasteiger partial charge in [-0.05, 0) is 42.0 Å². The Hall–Kier alpha value is -3.35. The van der Waals surface area contributed by atoms with Gasteiger partial charge in [-0.1, -0.05) is 12.1 Å². The van der Waals surface area contributed by atoms with Crippen molar-refractivity contribution in [2.24, 2.45) is 0 Å². The number of carbonyl (C=O) groups excluding carboxylic acids is 2. The van der Waals surface area contributed by atoms with Gasteiger partial charge < -0.3 is 19.5 Å². The highest BCUT2D eigenvalue weighted by atomic mass is 19.1. The summed E-state index contributed by atoms with van der Waals surface area (Å²) in [4.78, 5) is 23.0. The summed E-state index contributed by atoms with van der Waals surface area (Å²) in [5.41, 5.74) is 1.33. The van der Waals surface area contributed by atoms with E-state index in [1.54, 1.807) is 36.4 Å². The highest BCUT2D eigenvalue weighted by Crippen LogP contribution is 2.19. The molecular weight excluding hydrogens is 341 g/mol. The fraction of sp³-hybridized carbons (Fsp3) is 0.158. The van der Waals surface area contributed by atoms with Gasteiger partial charge in [0.05, 0.1) is 20.3 Å². The maximum atomic E-state index is 12.9. The van der Waals surface area contributed by atoms with Gasteiger partial charge in [-0.3, -0.25) is 0 Å². The van der Waals surface area contributed by atoms with Gasteiger partial charge in [-0.2, -0.15) is 0 Å². The minimum atomic E-state index is -0.702. The van der Waals surface area contributed by atoms with Gasteiger partial charge in [0.1, 0.15) is 23.9 Å². The first-order chi connectivity index (χ1) is 12.5. The normalized spacial score (nSPS) is 10.8. The fourth-order valence-electron chi connectivity index (χ4n) is 1.97. The van der Waals surface area contributed by atoms with E-state index in [4.69, 9.17) is 4.74 Å². The Balaban J connectivity index is 2.01. The second kappa shape index (κ2) is 9.22. The molecule has 6 nitrogen and oxygen atoms in total. The molecular formula is C19H18FNO5. The zero-order valence-electron chi connectivity index (χ0n) is 14.3. The zero-order valence-corrected chi connectivity index (χ0v) is 14.3. The molecule has 7 heteroatoms. The van der Waals surface area contributed by atoms with Crippen molar-refractivity contribution in [2.45, 2.75) is 6.61 Å². The van der Waals surface area contributed by atoms with Crippen molar-refractivity contribution in [3.63, 3.8) is 0 Å². The minimum Gasteiger partial charge on any atom is -0.489 e. The number of rotatable bonds is 7. The molecule has 0 aromatic heterocycles. The van der Waals surface area contributed by atoms with Gasteiger partial charge in [-0.15, -0.1) is 0 Å². The van der Waals surface area contributed by atoms with E-state index in [1.807, 2.05) is 0 Å². The Morgan fingerprint density at radius 1 is 1.00 bits per heavy atom. The van der Waals surface area contributed by atoms with Gasteiger partial charge in [0.2, 0.25) is 0 Å². The zero-order chi connectivity index (χ0) is 18.9.